The van der Waals surface area contributed by atoms with Crippen molar-refractivity contribution in [2.24, 2.45) is 0 Å². The van der Waals surface area contributed by atoms with Crippen molar-refractivity contribution >= 4 is 0 Å². The maximum atomic E-state index is 5.11. The second-order valence-corrected chi connectivity index (χ2v) is 2.51. The van der Waals surface area contributed by atoms with E-state index in [0.717, 1.165) is 12.0 Å². The molecule has 0 spiro atoms. The number of hydrogen-bond acceptors (Lipinski definition) is 2. The van der Waals surface area contributed by atoms with E-state index < -0.39 is 0 Å². The molecule has 0 aliphatic rings. The Hall–Kier alpha value is -1.62. The van der Waals surface area contributed by atoms with Crippen molar-refractivity contribution in [2.45, 2.75) is 6.42 Å². The van der Waals surface area contributed by atoms with Crippen LogP contribution in [-0.4, -0.2) is 14.2 Å². The molecule has 2 nitrogen and oxygen atoms in total. The third-order valence-corrected chi connectivity index (χ3v) is 1.65. The molecule has 0 aromatic heterocycles. The summed E-state index contributed by atoms with van der Waals surface area (Å²) in [5.41, 5.74) is 0.993. The van der Waals surface area contributed by atoms with Crippen LogP contribution in [0, 0.1) is 12.1 Å². The van der Waals surface area contributed by atoms with Crippen LogP contribution in [0.2, 0.25) is 0 Å². The SMILES string of the molecule is C=CCc1c#cc(OC)c(OC)c1. The van der Waals surface area contributed by atoms with Gasteiger partial charge < -0.3 is 9.47 Å². The van der Waals surface area contributed by atoms with Crippen molar-refractivity contribution < 1.29 is 9.47 Å². The lowest BCUT2D eigenvalue weighted by Crippen LogP contribution is -1.90. The van der Waals surface area contributed by atoms with Gasteiger partial charge in [0.25, 0.3) is 0 Å². The fourth-order valence-corrected chi connectivity index (χ4v) is 1.03. The van der Waals surface area contributed by atoms with Gasteiger partial charge in [0.15, 0.2) is 5.75 Å². The highest BCUT2D eigenvalue weighted by atomic mass is 16.5. The van der Waals surface area contributed by atoms with Crippen molar-refractivity contribution in [1.82, 2.24) is 0 Å². The van der Waals surface area contributed by atoms with E-state index in [9.17, 15) is 0 Å². The third kappa shape index (κ3) is 2.16. The summed E-state index contributed by atoms with van der Waals surface area (Å²) >= 11 is 0. The van der Waals surface area contributed by atoms with Gasteiger partial charge in [0.1, 0.15) is 0 Å². The minimum atomic E-state index is 0.579. The first kappa shape index (κ1) is 9.47. The molecular weight excluding hydrogens is 164 g/mol. The molecule has 0 N–H and O–H groups in total. The van der Waals surface area contributed by atoms with E-state index in [1.165, 1.54) is 0 Å². The summed E-state index contributed by atoms with van der Waals surface area (Å²) in [5.74, 6) is 1.26. The molecule has 0 bridgehead atoms. The molecule has 0 fully saturated rings. The van der Waals surface area contributed by atoms with Crippen molar-refractivity contribution in [3.05, 3.63) is 36.4 Å². The van der Waals surface area contributed by atoms with E-state index in [0.29, 0.717) is 11.5 Å². The van der Waals surface area contributed by atoms with Crippen LogP contribution in [0.3, 0.4) is 0 Å². The molecule has 1 rings (SSSR count). The van der Waals surface area contributed by atoms with Gasteiger partial charge >= 0.3 is 0 Å². The average Bonchev–Trinajstić information content (AvgIpc) is 2.18. The highest BCUT2D eigenvalue weighted by Crippen LogP contribution is 2.24. The molecule has 0 aliphatic carbocycles. The lowest BCUT2D eigenvalue weighted by molar-refractivity contribution is 0.355. The molecule has 0 saturated carbocycles. The van der Waals surface area contributed by atoms with E-state index in [4.69, 9.17) is 9.47 Å². The van der Waals surface area contributed by atoms with Crippen LogP contribution in [0.15, 0.2) is 18.7 Å². The minimum Gasteiger partial charge on any atom is -0.492 e. The van der Waals surface area contributed by atoms with E-state index in [1.54, 1.807) is 14.2 Å². The lowest BCUT2D eigenvalue weighted by atomic mass is 10.2. The Morgan fingerprint density at radius 2 is 2.15 bits per heavy atom. The van der Waals surface area contributed by atoms with Crippen LogP contribution in [0.4, 0.5) is 0 Å². The first-order valence-corrected chi connectivity index (χ1v) is 3.97. The predicted molar refractivity (Wildman–Crippen MR) is 51.1 cm³/mol. The summed E-state index contributed by atoms with van der Waals surface area (Å²) in [6.07, 6.45) is 2.57. The van der Waals surface area contributed by atoms with Crippen molar-refractivity contribution in [3.8, 4) is 11.5 Å². The second-order valence-electron chi connectivity index (χ2n) is 2.51. The molecule has 13 heavy (non-hydrogen) atoms. The van der Waals surface area contributed by atoms with Crippen LogP contribution in [0.25, 0.3) is 0 Å². The fraction of sp³-hybridized carbons (Fsp3) is 0.273. The number of rotatable bonds is 4. The fourth-order valence-electron chi connectivity index (χ4n) is 1.03. The first-order valence-electron chi connectivity index (χ1n) is 3.97. The summed E-state index contributed by atoms with van der Waals surface area (Å²) in [5, 5.41) is 0. The highest BCUT2D eigenvalue weighted by Gasteiger charge is 2.01. The summed E-state index contributed by atoms with van der Waals surface area (Å²) in [6, 6.07) is 7.71. The number of allylic oxidation sites excluding steroid dienone is 1. The van der Waals surface area contributed by atoms with Crippen LogP contribution < -0.4 is 9.47 Å². The summed E-state index contributed by atoms with van der Waals surface area (Å²) in [4.78, 5) is 0. The van der Waals surface area contributed by atoms with Crippen LogP contribution in [0.1, 0.15) is 5.56 Å². The zero-order valence-corrected chi connectivity index (χ0v) is 7.89. The molecule has 0 aliphatic heterocycles. The minimum absolute atomic E-state index is 0.579. The Morgan fingerprint density at radius 3 is 2.69 bits per heavy atom. The van der Waals surface area contributed by atoms with Crippen molar-refractivity contribution in [2.75, 3.05) is 14.2 Å². The van der Waals surface area contributed by atoms with Crippen molar-refractivity contribution in [3.63, 3.8) is 0 Å². The average molecular weight is 176 g/mol. The first-order chi connectivity index (χ1) is 6.31. The molecule has 68 valence electrons. The molecule has 0 radical (unpaired) electrons. The van der Waals surface area contributed by atoms with E-state index >= 15 is 0 Å². The lowest BCUT2D eigenvalue weighted by Gasteiger charge is -2.04. The standard InChI is InChI=1S/C11H12O2/c1-4-5-9-6-7-10(12-2)11(8-9)13-3/h4,8H,1,5H2,2-3H3. The van der Waals surface area contributed by atoms with E-state index in [1.807, 2.05) is 12.1 Å². The topological polar surface area (TPSA) is 18.5 Å². The summed E-state index contributed by atoms with van der Waals surface area (Å²) in [6.45, 7) is 3.65. The monoisotopic (exact) mass is 176 g/mol. The Kier molecular flexibility index (Phi) is 3.22. The number of hydrogen-bond donors (Lipinski definition) is 0. The largest absolute Gasteiger partial charge is 0.492 e. The Labute approximate surface area is 78.8 Å². The summed E-state index contributed by atoms with van der Waals surface area (Å²) < 4.78 is 10.1. The van der Waals surface area contributed by atoms with Gasteiger partial charge in [0.2, 0.25) is 5.75 Å². The highest BCUT2D eigenvalue weighted by molar-refractivity contribution is 5.39. The zero-order valence-electron chi connectivity index (χ0n) is 7.89. The zero-order chi connectivity index (χ0) is 9.68. The molecule has 0 unspecified atom stereocenters. The molecule has 0 saturated heterocycles. The van der Waals surface area contributed by atoms with Gasteiger partial charge in [-0.2, -0.15) is 0 Å². The smallest absolute Gasteiger partial charge is 0.212 e. The van der Waals surface area contributed by atoms with Gasteiger partial charge in [-0.05, 0) is 18.6 Å². The van der Waals surface area contributed by atoms with Crippen LogP contribution in [0.5, 0.6) is 11.5 Å². The normalized spacial score (nSPS) is 8.77. The quantitative estimate of drug-likeness (QED) is 0.653. The molecule has 2 heteroatoms. The maximum absolute atomic E-state index is 5.11. The maximum Gasteiger partial charge on any atom is 0.212 e. The summed E-state index contributed by atoms with van der Waals surface area (Å²) in [7, 11) is 3.18. The Bertz CT molecular complexity index is 292. The van der Waals surface area contributed by atoms with Gasteiger partial charge in [-0.15, -0.1) is 6.58 Å². The molecule has 1 aromatic carbocycles. The molecule has 1 aromatic rings. The van der Waals surface area contributed by atoms with E-state index in [-0.39, 0.29) is 0 Å². The molecule has 0 heterocycles. The van der Waals surface area contributed by atoms with Gasteiger partial charge in [-0.1, -0.05) is 12.1 Å². The number of methoxy groups -OCH3 is 2. The van der Waals surface area contributed by atoms with Crippen LogP contribution >= 0.6 is 0 Å². The molecule has 0 atom stereocenters. The Morgan fingerprint density at radius 1 is 1.38 bits per heavy atom. The molecular formula is C11H12O2. The van der Waals surface area contributed by atoms with Gasteiger partial charge in [-0.25, -0.2) is 0 Å². The Balaban J connectivity index is 2.98. The number of ether oxygens (including phenoxy) is 2. The second kappa shape index (κ2) is 4.42. The van der Waals surface area contributed by atoms with E-state index in [2.05, 4.69) is 18.7 Å². The molecule has 0 amide bonds. The van der Waals surface area contributed by atoms with Crippen LogP contribution in [-0.2, 0) is 6.42 Å². The third-order valence-electron chi connectivity index (χ3n) is 1.65. The predicted octanol–water partition coefficient (Wildman–Crippen LogP) is 2.03. The van der Waals surface area contributed by atoms with Gasteiger partial charge in [0, 0.05) is 5.56 Å². The van der Waals surface area contributed by atoms with Gasteiger partial charge in [-0.3, -0.25) is 0 Å². The van der Waals surface area contributed by atoms with Crippen molar-refractivity contribution in [1.29, 1.82) is 0 Å². The van der Waals surface area contributed by atoms with Gasteiger partial charge in [0.05, 0.1) is 14.2 Å².